The number of rotatable bonds is 6. The third-order valence-corrected chi connectivity index (χ3v) is 4.70. The fourth-order valence-electron chi connectivity index (χ4n) is 2.76. The molecule has 0 aromatic heterocycles. The summed E-state index contributed by atoms with van der Waals surface area (Å²) >= 11 is 0. The average molecular weight is 351 g/mol. The maximum Gasteiger partial charge on any atom is 0.241 e. The molecule has 1 saturated carbocycles. The van der Waals surface area contributed by atoms with Crippen LogP contribution in [0.1, 0.15) is 48.5 Å². The van der Waals surface area contributed by atoms with E-state index in [-0.39, 0.29) is 23.8 Å². The first-order valence-electron chi connectivity index (χ1n) is 8.97. The Morgan fingerprint density at radius 2 is 1.58 bits per heavy atom. The molecule has 0 bridgehead atoms. The molecule has 26 heavy (non-hydrogen) atoms. The molecular formula is C21H25N3O2. The van der Waals surface area contributed by atoms with Gasteiger partial charge in [0.2, 0.25) is 11.8 Å². The molecule has 0 saturated heterocycles. The molecule has 136 valence electrons. The highest BCUT2D eigenvalue weighted by atomic mass is 16.2. The van der Waals surface area contributed by atoms with Crippen molar-refractivity contribution in [2.75, 3.05) is 5.32 Å². The van der Waals surface area contributed by atoms with E-state index in [9.17, 15) is 9.59 Å². The summed E-state index contributed by atoms with van der Waals surface area (Å²) in [6.07, 6.45) is 1.96. The monoisotopic (exact) mass is 351 g/mol. The highest BCUT2D eigenvalue weighted by Gasteiger charge is 2.29. The quantitative estimate of drug-likeness (QED) is 0.747. The predicted octanol–water partition coefficient (Wildman–Crippen LogP) is 3.22. The molecule has 2 unspecified atom stereocenters. The van der Waals surface area contributed by atoms with Gasteiger partial charge in [-0.15, -0.1) is 0 Å². The van der Waals surface area contributed by atoms with Gasteiger partial charge in [0.1, 0.15) is 6.04 Å². The molecular weight excluding hydrogens is 326 g/mol. The Kier molecular flexibility index (Phi) is 5.38. The number of nitrogens with two attached hydrogens (primary N) is 1. The lowest BCUT2D eigenvalue weighted by atomic mass is 10.0. The van der Waals surface area contributed by atoms with Crippen molar-refractivity contribution in [3.63, 3.8) is 0 Å². The number of amides is 2. The number of hydrogen-bond donors (Lipinski definition) is 3. The van der Waals surface area contributed by atoms with Crippen LogP contribution in [0.25, 0.3) is 0 Å². The Balaban J connectivity index is 1.57. The minimum absolute atomic E-state index is 0.0863. The van der Waals surface area contributed by atoms with Gasteiger partial charge in [-0.05, 0) is 49.9 Å². The van der Waals surface area contributed by atoms with E-state index in [1.165, 1.54) is 0 Å². The molecule has 5 nitrogen and oxygen atoms in total. The lowest BCUT2D eigenvalue weighted by Crippen LogP contribution is -2.35. The zero-order chi connectivity index (χ0) is 18.7. The number of hydrogen-bond acceptors (Lipinski definition) is 3. The van der Waals surface area contributed by atoms with Gasteiger partial charge >= 0.3 is 0 Å². The third kappa shape index (κ3) is 4.49. The Morgan fingerprint density at radius 3 is 2.15 bits per heavy atom. The Morgan fingerprint density at radius 1 is 1.00 bits per heavy atom. The van der Waals surface area contributed by atoms with Crippen molar-refractivity contribution in [1.29, 1.82) is 0 Å². The molecule has 2 amide bonds. The molecule has 0 aliphatic heterocycles. The van der Waals surface area contributed by atoms with Gasteiger partial charge in [-0.1, -0.05) is 42.0 Å². The highest BCUT2D eigenvalue weighted by molar-refractivity contribution is 5.94. The number of nitrogens with one attached hydrogen (secondary N) is 2. The lowest BCUT2D eigenvalue weighted by Gasteiger charge is -2.18. The number of carbonyl (C=O) groups excluding carboxylic acids is 2. The Bertz CT molecular complexity index is 780. The van der Waals surface area contributed by atoms with E-state index in [1.54, 1.807) is 0 Å². The molecule has 2 aromatic rings. The van der Waals surface area contributed by atoms with Crippen LogP contribution in [0.3, 0.4) is 0 Å². The van der Waals surface area contributed by atoms with E-state index in [4.69, 9.17) is 5.73 Å². The SMILES string of the molecule is Cc1ccc(C(N)C(=O)NC(C)c2ccc(NC(=O)C3CC3)cc2)cc1. The van der Waals surface area contributed by atoms with E-state index in [2.05, 4.69) is 10.6 Å². The van der Waals surface area contributed by atoms with Gasteiger partial charge in [-0.3, -0.25) is 9.59 Å². The first-order valence-corrected chi connectivity index (χ1v) is 8.97. The first kappa shape index (κ1) is 18.1. The van der Waals surface area contributed by atoms with Crippen molar-refractivity contribution in [2.45, 2.75) is 38.8 Å². The van der Waals surface area contributed by atoms with Crippen molar-refractivity contribution in [1.82, 2.24) is 5.32 Å². The average Bonchev–Trinajstić information content (AvgIpc) is 3.47. The van der Waals surface area contributed by atoms with Gasteiger partial charge in [-0.2, -0.15) is 0 Å². The second kappa shape index (κ2) is 7.70. The highest BCUT2D eigenvalue weighted by Crippen LogP contribution is 2.30. The normalized spacial score (nSPS) is 15.8. The number of carbonyl (C=O) groups is 2. The number of anilines is 1. The predicted molar refractivity (Wildman–Crippen MR) is 102 cm³/mol. The van der Waals surface area contributed by atoms with Gasteiger partial charge in [0.05, 0.1) is 6.04 Å². The van der Waals surface area contributed by atoms with E-state index in [0.717, 1.165) is 35.2 Å². The molecule has 5 heteroatoms. The maximum atomic E-state index is 12.4. The molecule has 2 atom stereocenters. The van der Waals surface area contributed by atoms with Crippen LogP contribution < -0.4 is 16.4 Å². The van der Waals surface area contributed by atoms with Crippen LogP contribution in [0.5, 0.6) is 0 Å². The van der Waals surface area contributed by atoms with Gasteiger partial charge in [-0.25, -0.2) is 0 Å². The fourth-order valence-corrected chi connectivity index (χ4v) is 2.76. The van der Waals surface area contributed by atoms with Gasteiger partial charge in [0.25, 0.3) is 0 Å². The summed E-state index contributed by atoms with van der Waals surface area (Å²) in [4.78, 5) is 24.2. The molecule has 2 aromatic carbocycles. The van der Waals surface area contributed by atoms with Crippen molar-refractivity contribution >= 4 is 17.5 Å². The number of benzene rings is 2. The van der Waals surface area contributed by atoms with Crippen molar-refractivity contribution in [2.24, 2.45) is 11.7 Å². The van der Waals surface area contributed by atoms with Crippen LogP contribution >= 0.6 is 0 Å². The summed E-state index contributed by atoms with van der Waals surface area (Å²) in [5, 5.41) is 5.85. The molecule has 0 heterocycles. The summed E-state index contributed by atoms with van der Waals surface area (Å²) in [6, 6.07) is 14.3. The zero-order valence-corrected chi connectivity index (χ0v) is 15.2. The van der Waals surface area contributed by atoms with Crippen molar-refractivity contribution in [3.8, 4) is 0 Å². The van der Waals surface area contributed by atoms with Crippen LogP contribution in [0.2, 0.25) is 0 Å². The first-order chi connectivity index (χ1) is 12.4. The molecule has 0 radical (unpaired) electrons. The second-order valence-electron chi connectivity index (χ2n) is 7.00. The van der Waals surface area contributed by atoms with E-state index < -0.39 is 6.04 Å². The molecule has 1 aliphatic carbocycles. The molecule has 4 N–H and O–H groups in total. The molecule has 1 fully saturated rings. The molecule has 3 rings (SSSR count). The lowest BCUT2D eigenvalue weighted by molar-refractivity contribution is -0.123. The Hall–Kier alpha value is -2.66. The maximum absolute atomic E-state index is 12.4. The van der Waals surface area contributed by atoms with Gasteiger partial charge in [0, 0.05) is 11.6 Å². The zero-order valence-electron chi connectivity index (χ0n) is 15.2. The van der Waals surface area contributed by atoms with Crippen LogP contribution in [0.15, 0.2) is 48.5 Å². The summed E-state index contributed by atoms with van der Waals surface area (Å²) in [7, 11) is 0. The van der Waals surface area contributed by atoms with Crippen molar-refractivity contribution < 1.29 is 9.59 Å². The molecule has 1 aliphatic rings. The van der Waals surface area contributed by atoms with Crippen molar-refractivity contribution in [3.05, 3.63) is 65.2 Å². The van der Waals surface area contributed by atoms with E-state index in [1.807, 2.05) is 62.4 Å². The smallest absolute Gasteiger partial charge is 0.241 e. The summed E-state index contributed by atoms with van der Waals surface area (Å²) < 4.78 is 0. The second-order valence-corrected chi connectivity index (χ2v) is 7.00. The van der Waals surface area contributed by atoms with Gasteiger partial charge in [0.15, 0.2) is 0 Å². The summed E-state index contributed by atoms with van der Waals surface area (Å²) in [6.45, 7) is 3.91. The summed E-state index contributed by atoms with van der Waals surface area (Å²) in [5.74, 6) is 0.0480. The molecule has 0 spiro atoms. The minimum atomic E-state index is -0.699. The van der Waals surface area contributed by atoms with E-state index in [0.29, 0.717) is 0 Å². The Labute approximate surface area is 154 Å². The van der Waals surface area contributed by atoms with E-state index >= 15 is 0 Å². The van der Waals surface area contributed by atoms with Crippen LogP contribution in [-0.2, 0) is 9.59 Å². The fraction of sp³-hybridized carbons (Fsp3) is 0.333. The standard InChI is InChI=1S/C21H25N3O2/c1-13-3-5-16(6-4-13)19(22)21(26)23-14(2)15-9-11-18(12-10-15)24-20(25)17-7-8-17/h3-6,9-12,14,17,19H,7-8,22H2,1-2H3,(H,23,26)(H,24,25). The minimum Gasteiger partial charge on any atom is -0.348 e. The topological polar surface area (TPSA) is 84.2 Å². The largest absolute Gasteiger partial charge is 0.348 e. The summed E-state index contributed by atoms with van der Waals surface area (Å²) in [5.41, 5.74) is 9.72. The van der Waals surface area contributed by atoms with Crippen LogP contribution in [0, 0.1) is 12.8 Å². The third-order valence-electron chi connectivity index (χ3n) is 4.70. The van der Waals surface area contributed by atoms with Crippen LogP contribution in [0.4, 0.5) is 5.69 Å². The van der Waals surface area contributed by atoms with Crippen LogP contribution in [-0.4, -0.2) is 11.8 Å². The van der Waals surface area contributed by atoms with Gasteiger partial charge < -0.3 is 16.4 Å². The number of aryl methyl sites for hydroxylation is 1.